The fraction of sp³-hybridized carbons (Fsp3) is 0.368. The Morgan fingerprint density at radius 3 is 2.96 bits per heavy atom. The number of rotatable bonds is 6. The molecule has 0 unspecified atom stereocenters. The van der Waals surface area contributed by atoms with Crippen molar-refractivity contribution in [1.29, 1.82) is 0 Å². The van der Waals surface area contributed by atoms with Crippen LogP contribution in [0.3, 0.4) is 0 Å². The van der Waals surface area contributed by atoms with Gasteiger partial charge in [-0.3, -0.25) is 0 Å². The molecule has 5 nitrogen and oxygen atoms in total. The van der Waals surface area contributed by atoms with E-state index in [0.717, 1.165) is 18.2 Å². The topological polar surface area (TPSA) is 60.0 Å². The number of hydrogen-bond donors (Lipinski definition) is 2. The number of aromatic hydroxyl groups is 1. The minimum atomic E-state index is -3.02. The molecule has 3 rings (SSSR count). The van der Waals surface area contributed by atoms with Crippen LogP contribution in [0, 0.1) is 0 Å². The van der Waals surface area contributed by atoms with Crippen LogP contribution in [-0.2, 0) is 4.74 Å². The number of benzene rings is 2. The van der Waals surface area contributed by atoms with Crippen molar-refractivity contribution in [1.82, 2.24) is 5.32 Å². The maximum atomic E-state index is 9.80. The monoisotopic (exact) mass is 334 g/mol. The highest BCUT2D eigenvalue weighted by molar-refractivity contribution is 5.45. The van der Waals surface area contributed by atoms with Gasteiger partial charge in [0.2, 0.25) is 0 Å². The zero-order chi connectivity index (χ0) is 21.1. The first kappa shape index (κ1) is 11.3. The zero-order valence-corrected chi connectivity index (χ0v) is 13.1. The van der Waals surface area contributed by atoms with Gasteiger partial charge in [0.25, 0.3) is 0 Å². The van der Waals surface area contributed by atoms with E-state index in [-0.39, 0.29) is 23.4 Å². The molecule has 2 aromatic rings. The number of phenols is 1. The van der Waals surface area contributed by atoms with Crippen molar-refractivity contribution in [3.8, 4) is 17.2 Å². The number of phenolic OH excluding ortho intramolecular Hbond substituents is 1. The Morgan fingerprint density at radius 2 is 2.21 bits per heavy atom. The van der Waals surface area contributed by atoms with Crippen LogP contribution in [0.1, 0.15) is 25.4 Å². The van der Waals surface area contributed by atoms with Gasteiger partial charge in [-0.15, -0.1) is 0 Å². The maximum absolute atomic E-state index is 9.80. The molecule has 24 heavy (non-hydrogen) atoms. The smallest absolute Gasteiger partial charge is 0.164 e. The summed E-state index contributed by atoms with van der Waals surface area (Å²) in [5, 5.41) is 13.0. The summed E-state index contributed by atoms with van der Waals surface area (Å²) < 4.78 is 54.6. The molecule has 1 saturated heterocycles. The van der Waals surface area contributed by atoms with E-state index in [1.54, 1.807) is 0 Å². The third-order valence-electron chi connectivity index (χ3n) is 3.76. The van der Waals surface area contributed by atoms with Gasteiger partial charge in [0.05, 0.1) is 15.9 Å². The molecule has 0 spiro atoms. The van der Waals surface area contributed by atoms with Crippen molar-refractivity contribution in [2.45, 2.75) is 19.1 Å². The van der Waals surface area contributed by atoms with E-state index in [1.807, 2.05) is 30.3 Å². The molecule has 0 bridgehead atoms. The molecular weight excluding hydrogens is 306 g/mol. The predicted molar refractivity (Wildman–Crippen MR) is 91.7 cm³/mol. The SMILES string of the molecule is [2H]C([2H])([2H])C([2H])([2H])Oc1cc(O)ccc1O[C@@H](c1ccccc1)[C@@H]1CNCCO1. The maximum Gasteiger partial charge on any atom is 0.164 e. The van der Waals surface area contributed by atoms with E-state index in [9.17, 15) is 5.11 Å². The Kier molecular flexibility index (Phi) is 3.80. The zero-order valence-electron chi connectivity index (χ0n) is 18.1. The highest BCUT2D eigenvalue weighted by Gasteiger charge is 2.28. The molecule has 0 aliphatic carbocycles. The molecule has 1 aliphatic heterocycles. The van der Waals surface area contributed by atoms with Gasteiger partial charge in [0, 0.05) is 23.3 Å². The molecule has 128 valence electrons. The summed E-state index contributed by atoms with van der Waals surface area (Å²) in [6.45, 7) is -4.21. The lowest BCUT2D eigenvalue weighted by Gasteiger charge is -2.32. The van der Waals surface area contributed by atoms with Gasteiger partial charge in [0.1, 0.15) is 11.9 Å². The molecule has 1 aliphatic rings. The highest BCUT2D eigenvalue weighted by Crippen LogP contribution is 2.36. The van der Waals surface area contributed by atoms with Crippen molar-refractivity contribution in [3.63, 3.8) is 0 Å². The Morgan fingerprint density at radius 1 is 1.33 bits per heavy atom. The fourth-order valence-corrected chi connectivity index (χ4v) is 2.65. The molecule has 2 aromatic carbocycles. The van der Waals surface area contributed by atoms with Crippen molar-refractivity contribution >= 4 is 0 Å². The molecule has 5 heteroatoms. The molecule has 2 atom stereocenters. The summed E-state index contributed by atoms with van der Waals surface area (Å²) in [4.78, 5) is 0. The average molecular weight is 334 g/mol. The van der Waals surface area contributed by atoms with Crippen molar-refractivity contribution in [2.75, 3.05) is 26.3 Å². The lowest BCUT2D eigenvalue weighted by molar-refractivity contribution is -0.0439. The van der Waals surface area contributed by atoms with E-state index in [0.29, 0.717) is 13.2 Å². The lowest BCUT2D eigenvalue weighted by atomic mass is 10.0. The number of morpholine rings is 1. The van der Waals surface area contributed by atoms with Crippen LogP contribution in [0.5, 0.6) is 17.2 Å². The first-order chi connectivity index (χ1) is 13.7. The second-order valence-corrected chi connectivity index (χ2v) is 5.40. The Bertz CT molecular complexity index is 810. The van der Waals surface area contributed by atoms with E-state index in [4.69, 9.17) is 21.1 Å². The second-order valence-electron chi connectivity index (χ2n) is 5.40. The third kappa shape index (κ3) is 3.99. The molecule has 0 amide bonds. The van der Waals surface area contributed by atoms with Crippen LogP contribution < -0.4 is 14.8 Å². The van der Waals surface area contributed by atoms with Crippen molar-refractivity contribution in [2.24, 2.45) is 0 Å². The molecule has 0 saturated carbocycles. The van der Waals surface area contributed by atoms with Gasteiger partial charge >= 0.3 is 0 Å². The van der Waals surface area contributed by atoms with Crippen LogP contribution in [0.25, 0.3) is 0 Å². The van der Waals surface area contributed by atoms with Gasteiger partial charge < -0.3 is 24.6 Å². The summed E-state index contributed by atoms with van der Waals surface area (Å²) in [5.41, 5.74) is 0.832. The number of hydrogen-bond acceptors (Lipinski definition) is 5. The van der Waals surface area contributed by atoms with Crippen molar-refractivity contribution < 1.29 is 26.2 Å². The molecule has 0 aromatic heterocycles. The fourth-order valence-electron chi connectivity index (χ4n) is 2.65. The van der Waals surface area contributed by atoms with Crippen LogP contribution in [0.2, 0.25) is 0 Å². The minimum Gasteiger partial charge on any atom is -0.508 e. The van der Waals surface area contributed by atoms with Gasteiger partial charge in [-0.1, -0.05) is 30.3 Å². The Labute approximate surface area is 149 Å². The van der Waals surface area contributed by atoms with Crippen LogP contribution in [0.15, 0.2) is 48.5 Å². The summed E-state index contributed by atoms with van der Waals surface area (Å²) in [6.07, 6.45) is -0.887. The van der Waals surface area contributed by atoms with Gasteiger partial charge in [0.15, 0.2) is 17.6 Å². The normalized spacial score (nSPS) is 23.0. The van der Waals surface area contributed by atoms with Gasteiger partial charge in [-0.05, 0) is 24.5 Å². The largest absolute Gasteiger partial charge is 0.508 e. The standard InChI is InChI=1S/C19H23NO4/c1-2-22-17-12-15(21)8-9-16(17)24-19(14-6-4-3-5-7-14)18-13-20-10-11-23-18/h3-9,12,18-21H,2,10-11,13H2,1H3/t18-,19-/m0/s1/i1D3,2D2. The molecular formula is C19H23NO4. The Balaban J connectivity index is 1.93. The van der Waals surface area contributed by atoms with Crippen LogP contribution in [0.4, 0.5) is 0 Å². The molecule has 0 radical (unpaired) electrons. The highest BCUT2D eigenvalue weighted by atomic mass is 16.6. The van der Waals surface area contributed by atoms with Gasteiger partial charge in [-0.25, -0.2) is 0 Å². The second kappa shape index (κ2) is 8.04. The summed E-state index contributed by atoms with van der Waals surface area (Å²) in [5.74, 6) is -0.324. The minimum absolute atomic E-state index is 0.0963. The first-order valence-electron chi connectivity index (χ1n) is 10.2. The van der Waals surface area contributed by atoms with E-state index in [1.165, 1.54) is 12.1 Å². The summed E-state index contributed by atoms with van der Waals surface area (Å²) in [6, 6.07) is 13.3. The summed E-state index contributed by atoms with van der Waals surface area (Å²) >= 11 is 0. The lowest BCUT2D eigenvalue weighted by Crippen LogP contribution is -2.43. The van der Waals surface area contributed by atoms with Crippen LogP contribution in [-0.4, -0.2) is 37.5 Å². The molecule has 2 N–H and O–H groups in total. The third-order valence-corrected chi connectivity index (χ3v) is 3.76. The van der Waals surface area contributed by atoms with Crippen molar-refractivity contribution in [3.05, 3.63) is 54.1 Å². The quantitative estimate of drug-likeness (QED) is 0.851. The van der Waals surface area contributed by atoms with E-state index in [2.05, 4.69) is 5.32 Å². The molecule has 1 fully saturated rings. The number of ether oxygens (including phenoxy) is 3. The van der Waals surface area contributed by atoms with Gasteiger partial charge in [-0.2, -0.15) is 0 Å². The number of nitrogens with one attached hydrogen (secondary N) is 1. The van der Waals surface area contributed by atoms with E-state index >= 15 is 0 Å². The Hall–Kier alpha value is -2.24. The summed E-state index contributed by atoms with van der Waals surface area (Å²) in [7, 11) is 0. The van der Waals surface area contributed by atoms with Crippen LogP contribution >= 0.6 is 0 Å². The molecule has 1 heterocycles. The first-order valence-corrected chi connectivity index (χ1v) is 7.73. The average Bonchev–Trinajstić information content (AvgIpc) is 2.68. The predicted octanol–water partition coefficient (Wildman–Crippen LogP) is 2.90. The van der Waals surface area contributed by atoms with E-state index < -0.39 is 19.5 Å².